The number of rotatable bonds is 3. The molecule has 0 aliphatic rings. The highest BCUT2D eigenvalue weighted by molar-refractivity contribution is 6.30. The summed E-state index contributed by atoms with van der Waals surface area (Å²) in [6.07, 6.45) is 1.44. The molecule has 0 N–H and O–H groups in total. The molecule has 1 aromatic carbocycles. The quantitative estimate of drug-likeness (QED) is 0.630. The summed E-state index contributed by atoms with van der Waals surface area (Å²) in [4.78, 5) is 15.8. The zero-order valence-electron chi connectivity index (χ0n) is 9.16. The SMILES string of the molecule is O=C(Cc1ccccn1)c1cc(F)c(Cl)cc1F. The lowest BCUT2D eigenvalue weighted by Gasteiger charge is -2.04. The fourth-order valence-electron chi connectivity index (χ4n) is 1.50. The van der Waals surface area contributed by atoms with Crippen LogP contribution in [-0.2, 0) is 6.42 Å². The standard InChI is InChI=1S/C13H8ClF2NO/c14-10-7-11(15)9(6-12(10)16)13(18)5-8-3-1-2-4-17-8/h1-4,6-7H,5H2. The Balaban J connectivity index is 2.27. The van der Waals surface area contributed by atoms with Crippen molar-refractivity contribution in [1.82, 2.24) is 4.98 Å². The van der Waals surface area contributed by atoms with Crippen molar-refractivity contribution in [1.29, 1.82) is 0 Å². The highest BCUT2D eigenvalue weighted by Gasteiger charge is 2.16. The van der Waals surface area contributed by atoms with E-state index in [-0.39, 0.29) is 17.0 Å². The molecule has 0 bridgehead atoms. The topological polar surface area (TPSA) is 30.0 Å². The molecule has 18 heavy (non-hydrogen) atoms. The van der Waals surface area contributed by atoms with Crippen LogP contribution < -0.4 is 0 Å². The van der Waals surface area contributed by atoms with Gasteiger partial charge in [-0.2, -0.15) is 0 Å². The first kappa shape index (κ1) is 12.6. The molecule has 0 fully saturated rings. The molecule has 2 aromatic rings. The number of ketones is 1. The predicted molar refractivity (Wildman–Crippen MR) is 63.6 cm³/mol. The Labute approximate surface area is 107 Å². The minimum Gasteiger partial charge on any atom is -0.294 e. The van der Waals surface area contributed by atoms with Crippen molar-refractivity contribution in [3.63, 3.8) is 0 Å². The molecule has 5 heteroatoms. The van der Waals surface area contributed by atoms with Crippen molar-refractivity contribution in [2.24, 2.45) is 0 Å². The van der Waals surface area contributed by atoms with Crippen LogP contribution in [0.15, 0.2) is 36.5 Å². The van der Waals surface area contributed by atoms with Gasteiger partial charge in [0.2, 0.25) is 0 Å². The number of nitrogens with zero attached hydrogens (tertiary/aromatic N) is 1. The molecule has 0 saturated carbocycles. The van der Waals surface area contributed by atoms with Crippen molar-refractivity contribution in [2.45, 2.75) is 6.42 Å². The predicted octanol–water partition coefficient (Wildman–Crippen LogP) is 3.44. The van der Waals surface area contributed by atoms with Gasteiger partial charge in [-0.3, -0.25) is 9.78 Å². The Morgan fingerprint density at radius 1 is 1.22 bits per heavy atom. The second-order valence-electron chi connectivity index (χ2n) is 3.67. The second kappa shape index (κ2) is 5.23. The Morgan fingerprint density at radius 2 is 2.00 bits per heavy atom. The highest BCUT2D eigenvalue weighted by atomic mass is 35.5. The fourth-order valence-corrected chi connectivity index (χ4v) is 1.65. The number of aromatic nitrogens is 1. The summed E-state index contributed by atoms with van der Waals surface area (Å²) >= 11 is 5.41. The van der Waals surface area contributed by atoms with Crippen molar-refractivity contribution >= 4 is 17.4 Å². The first-order valence-electron chi connectivity index (χ1n) is 5.15. The molecule has 2 nitrogen and oxygen atoms in total. The fraction of sp³-hybridized carbons (Fsp3) is 0.0769. The van der Waals surface area contributed by atoms with Gasteiger partial charge in [0.15, 0.2) is 5.78 Å². The van der Waals surface area contributed by atoms with Gasteiger partial charge in [0.25, 0.3) is 0 Å². The molecule has 0 spiro atoms. The number of benzene rings is 1. The molecule has 92 valence electrons. The molecular formula is C13H8ClF2NO. The summed E-state index contributed by atoms with van der Waals surface area (Å²) in [6.45, 7) is 0. The van der Waals surface area contributed by atoms with E-state index in [4.69, 9.17) is 11.6 Å². The van der Waals surface area contributed by atoms with E-state index in [2.05, 4.69) is 4.98 Å². The van der Waals surface area contributed by atoms with E-state index in [9.17, 15) is 13.6 Å². The van der Waals surface area contributed by atoms with Crippen molar-refractivity contribution in [2.75, 3.05) is 0 Å². The van der Waals surface area contributed by atoms with Gasteiger partial charge in [-0.15, -0.1) is 0 Å². The number of halogens is 3. The van der Waals surface area contributed by atoms with Crippen LogP contribution in [-0.4, -0.2) is 10.8 Å². The van der Waals surface area contributed by atoms with Gasteiger partial charge in [0.1, 0.15) is 11.6 Å². The Hall–Kier alpha value is -1.81. The second-order valence-corrected chi connectivity index (χ2v) is 4.07. The summed E-state index contributed by atoms with van der Waals surface area (Å²) in [5.41, 5.74) is 0.180. The molecule has 1 aromatic heterocycles. The number of Topliss-reactive ketones (excluding diaryl/α,β-unsaturated/α-hetero) is 1. The Morgan fingerprint density at radius 3 is 2.67 bits per heavy atom. The van der Waals surface area contributed by atoms with Gasteiger partial charge in [-0.25, -0.2) is 8.78 Å². The van der Waals surface area contributed by atoms with Crippen molar-refractivity contribution in [3.8, 4) is 0 Å². The monoisotopic (exact) mass is 267 g/mol. The summed E-state index contributed by atoms with van der Waals surface area (Å²) in [6, 6.07) is 6.67. The lowest BCUT2D eigenvalue weighted by molar-refractivity contribution is 0.0987. The summed E-state index contributed by atoms with van der Waals surface area (Å²) in [5, 5.41) is -0.345. The molecular weight excluding hydrogens is 260 g/mol. The smallest absolute Gasteiger partial charge is 0.171 e. The number of carbonyl (C=O) groups is 1. The first-order chi connectivity index (χ1) is 8.58. The number of hydrogen-bond donors (Lipinski definition) is 0. The summed E-state index contributed by atoms with van der Waals surface area (Å²) in [5.74, 6) is -2.19. The first-order valence-corrected chi connectivity index (χ1v) is 5.53. The third kappa shape index (κ3) is 2.71. The summed E-state index contributed by atoms with van der Waals surface area (Å²) < 4.78 is 26.7. The lowest BCUT2D eigenvalue weighted by Crippen LogP contribution is -2.08. The van der Waals surface area contributed by atoms with Crippen molar-refractivity contribution in [3.05, 3.63) is 64.4 Å². The van der Waals surface area contributed by atoms with Gasteiger partial charge in [0, 0.05) is 11.9 Å². The molecule has 0 unspecified atom stereocenters. The van der Waals surface area contributed by atoms with E-state index < -0.39 is 17.4 Å². The van der Waals surface area contributed by atoms with Crippen LogP contribution in [0.25, 0.3) is 0 Å². The van der Waals surface area contributed by atoms with E-state index in [1.54, 1.807) is 18.2 Å². The lowest BCUT2D eigenvalue weighted by atomic mass is 10.1. The van der Waals surface area contributed by atoms with Crippen LogP contribution in [0.3, 0.4) is 0 Å². The van der Waals surface area contributed by atoms with E-state index >= 15 is 0 Å². The third-order valence-corrected chi connectivity index (χ3v) is 2.67. The molecule has 0 aliphatic heterocycles. The van der Waals surface area contributed by atoms with E-state index in [1.165, 1.54) is 6.20 Å². The maximum Gasteiger partial charge on any atom is 0.171 e. The average Bonchev–Trinajstić information content (AvgIpc) is 2.35. The summed E-state index contributed by atoms with van der Waals surface area (Å²) in [7, 11) is 0. The van der Waals surface area contributed by atoms with E-state index in [0.29, 0.717) is 5.69 Å². The average molecular weight is 268 g/mol. The maximum atomic E-state index is 13.5. The third-order valence-electron chi connectivity index (χ3n) is 2.38. The number of hydrogen-bond acceptors (Lipinski definition) is 2. The Bertz CT molecular complexity index is 587. The van der Waals surface area contributed by atoms with Gasteiger partial charge in [0.05, 0.1) is 17.0 Å². The highest BCUT2D eigenvalue weighted by Crippen LogP contribution is 2.20. The normalized spacial score (nSPS) is 10.4. The van der Waals surface area contributed by atoms with E-state index in [1.807, 2.05) is 0 Å². The Kier molecular flexibility index (Phi) is 3.67. The van der Waals surface area contributed by atoms with Crippen LogP contribution in [0.5, 0.6) is 0 Å². The van der Waals surface area contributed by atoms with Crippen molar-refractivity contribution < 1.29 is 13.6 Å². The van der Waals surface area contributed by atoms with Crippen LogP contribution in [0.4, 0.5) is 8.78 Å². The minimum absolute atomic E-state index is 0.0845. The molecule has 0 radical (unpaired) electrons. The molecule has 0 amide bonds. The van der Waals surface area contributed by atoms with Crippen LogP contribution >= 0.6 is 11.6 Å². The largest absolute Gasteiger partial charge is 0.294 e. The van der Waals surface area contributed by atoms with Gasteiger partial charge in [-0.05, 0) is 24.3 Å². The molecule has 1 heterocycles. The molecule has 0 saturated heterocycles. The van der Waals surface area contributed by atoms with E-state index in [0.717, 1.165) is 12.1 Å². The zero-order valence-corrected chi connectivity index (χ0v) is 9.92. The van der Waals surface area contributed by atoms with Gasteiger partial charge in [-0.1, -0.05) is 17.7 Å². The van der Waals surface area contributed by atoms with Crippen LogP contribution in [0.1, 0.15) is 16.1 Å². The van der Waals surface area contributed by atoms with Crippen LogP contribution in [0.2, 0.25) is 5.02 Å². The number of carbonyl (C=O) groups excluding carboxylic acids is 1. The number of pyridine rings is 1. The molecule has 0 aliphatic carbocycles. The minimum atomic E-state index is -0.831. The maximum absolute atomic E-state index is 13.5. The molecule has 2 rings (SSSR count). The molecule has 0 atom stereocenters. The van der Waals surface area contributed by atoms with Gasteiger partial charge >= 0.3 is 0 Å². The zero-order chi connectivity index (χ0) is 13.1. The van der Waals surface area contributed by atoms with Crippen LogP contribution in [0, 0.1) is 11.6 Å². The van der Waals surface area contributed by atoms with Gasteiger partial charge < -0.3 is 0 Å².